The summed E-state index contributed by atoms with van der Waals surface area (Å²) in [4.78, 5) is 48.9. The summed E-state index contributed by atoms with van der Waals surface area (Å²) in [6.45, 7) is -3.13. The standard InChI is InChI=1S/C33H55N3O25/c1-9(41)34-18-24(50)21(47)13(5-38)57-30(18)60-28-22(48)14(6-39)58-31(25(28)51)59-26-19(35-10(2)42)29(52)56-15(23(26)49)8-55-33(32(53)54)3-11(43)17(36-16(45)7-40)27(61-33)20(46)12(44)4-37/h11-15,17-31,37-40,43-44,46-52H,3-8H2,1-2H3,(H,34,41)(H,35,42)(H,36,45)(H,53,54)/t11-,12+,13+,14+,15+,17+,18+,19+,20+,21+,22-,23-,24+,25+,26+,27+,28-,29?,30-,31-,33+/m0/s1. The maximum atomic E-state index is 12.7. The topological polar surface area (TPSA) is 452 Å². The van der Waals surface area contributed by atoms with Crippen molar-refractivity contribution in [2.24, 2.45) is 0 Å². The molecule has 21 atom stereocenters. The molecule has 1 unspecified atom stereocenters. The fraction of sp³-hybridized carbons (Fsp3) is 0.879. The Hall–Kier alpha value is -2.92. The van der Waals surface area contributed by atoms with Crippen LogP contribution >= 0.6 is 0 Å². The van der Waals surface area contributed by atoms with Crippen molar-refractivity contribution in [3.8, 4) is 0 Å². The number of carboxylic acid groups (broad SMARTS) is 1. The lowest BCUT2D eigenvalue weighted by Crippen LogP contribution is -2.70. The summed E-state index contributed by atoms with van der Waals surface area (Å²) in [6.07, 6.45) is -34.0. The van der Waals surface area contributed by atoms with Crippen molar-refractivity contribution in [1.82, 2.24) is 16.0 Å². The summed E-state index contributed by atoms with van der Waals surface area (Å²) in [6, 6.07) is -5.01. The molecular formula is C33H55N3O25. The zero-order valence-corrected chi connectivity index (χ0v) is 32.5. The van der Waals surface area contributed by atoms with Gasteiger partial charge in [0, 0.05) is 20.3 Å². The summed E-state index contributed by atoms with van der Waals surface area (Å²) >= 11 is 0. The van der Waals surface area contributed by atoms with Crippen LogP contribution in [0, 0.1) is 0 Å². The largest absolute Gasteiger partial charge is 0.477 e. The number of aliphatic hydroxyl groups is 13. The molecule has 4 heterocycles. The van der Waals surface area contributed by atoms with Gasteiger partial charge in [0.2, 0.25) is 17.7 Å². The second kappa shape index (κ2) is 21.6. The van der Waals surface area contributed by atoms with Crippen LogP contribution in [-0.2, 0) is 52.3 Å². The summed E-state index contributed by atoms with van der Waals surface area (Å²) in [5.74, 6) is -7.66. The normalized spacial score (nSPS) is 42.8. The van der Waals surface area contributed by atoms with E-state index in [9.17, 15) is 90.7 Å². The Bertz CT molecular complexity index is 1480. The molecule has 352 valence electrons. The number of aliphatic hydroxyl groups excluding tert-OH is 13. The molecule has 0 aromatic heterocycles. The van der Waals surface area contributed by atoms with E-state index < -0.39 is 191 Å². The van der Waals surface area contributed by atoms with Crippen molar-refractivity contribution in [3.63, 3.8) is 0 Å². The van der Waals surface area contributed by atoms with Crippen LogP contribution in [-0.4, -0.2) is 256 Å². The van der Waals surface area contributed by atoms with E-state index in [1.807, 2.05) is 0 Å². The SMILES string of the molecule is CC(=O)N[C@H]1[C@H](O[C@H]2[C@@H](O)[C@@H](CO)O[C@@H](O[C@H]3[C@@H](O)[C@@H](CO[C@]4(C(=O)O)C[C@H](O)[C@@H](NC(=O)CO)[C@H]([C@H](O)[C@H](O)CO)O4)OC(O)[C@@H]3NC(C)=O)[C@@H]2O)O[C@H](CO)[C@@H](O)[C@@H]1O. The zero-order valence-electron chi connectivity index (χ0n) is 32.5. The number of hydrogen-bond acceptors (Lipinski definition) is 24. The van der Waals surface area contributed by atoms with Crippen LogP contribution in [0.3, 0.4) is 0 Å². The van der Waals surface area contributed by atoms with Crippen LogP contribution in [0.5, 0.6) is 0 Å². The van der Waals surface area contributed by atoms with Gasteiger partial charge in [-0.3, -0.25) is 14.4 Å². The van der Waals surface area contributed by atoms with Crippen molar-refractivity contribution in [2.45, 2.75) is 149 Å². The van der Waals surface area contributed by atoms with Gasteiger partial charge in [0.15, 0.2) is 18.9 Å². The Balaban J connectivity index is 1.62. The molecular weight excluding hydrogens is 838 g/mol. The summed E-state index contributed by atoms with van der Waals surface area (Å²) < 4.78 is 39.2. The minimum Gasteiger partial charge on any atom is -0.477 e. The van der Waals surface area contributed by atoms with E-state index in [0.29, 0.717) is 0 Å². The van der Waals surface area contributed by atoms with Gasteiger partial charge in [0.05, 0.1) is 38.6 Å². The van der Waals surface area contributed by atoms with Gasteiger partial charge in [0.1, 0.15) is 98.0 Å². The smallest absolute Gasteiger partial charge is 0.364 e. The molecule has 17 N–H and O–H groups in total. The second-order valence-corrected chi connectivity index (χ2v) is 14.8. The minimum absolute atomic E-state index is 0.748. The third-order valence-electron chi connectivity index (χ3n) is 10.5. The molecule has 28 nitrogen and oxygen atoms in total. The molecule has 0 bridgehead atoms. The lowest BCUT2D eigenvalue weighted by molar-refractivity contribution is -0.368. The number of carboxylic acids is 1. The fourth-order valence-electron chi connectivity index (χ4n) is 7.33. The first-order valence-electron chi connectivity index (χ1n) is 18.9. The molecule has 0 spiro atoms. The van der Waals surface area contributed by atoms with Crippen molar-refractivity contribution in [3.05, 3.63) is 0 Å². The van der Waals surface area contributed by atoms with Crippen molar-refractivity contribution in [2.75, 3.05) is 33.0 Å². The number of carbonyl (C=O) groups is 4. The average molecular weight is 894 g/mol. The summed E-state index contributed by atoms with van der Waals surface area (Å²) in [5, 5.41) is 153. The predicted octanol–water partition coefficient (Wildman–Crippen LogP) is -11.1. The lowest BCUT2D eigenvalue weighted by Gasteiger charge is -2.49. The van der Waals surface area contributed by atoms with Gasteiger partial charge in [-0.05, 0) is 0 Å². The molecule has 4 rings (SSSR count). The molecule has 0 aromatic carbocycles. The predicted molar refractivity (Wildman–Crippen MR) is 187 cm³/mol. The number of amides is 3. The molecule has 3 amide bonds. The Morgan fingerprint density at radius 1 is 0.689 bits per heavy atom. The van der Waals surface area contributed by atoms with E-state index in [1.54, 1.807) is 0 Å². The first kappa shape index (κ1) is 50.7. The molecule has 4 fully saturated rings. The van der Waals surface area contributed by atoms with E-state index in [0.717, 1.165) is 13.8 Å². The van der Waals surface area contributed by atoms with Crippen LogP contribution in [0.4, 0.5) is 0 Å². The number of rotatable bonds is 17. The maximum Gasteiger partial charge on any atom is 0.364 e. The molecule has 28 heteroatoms. The third-order valence-corrected chi connectivity index (χ3v) is 10.5. The molecule has 0 aromatic rings. The van der Waals surface area contributed by atoms with Gasteiger partial charge in [-0.15, -0.1) is 0 Å². The van der Waals surface area contributed by atoms with Crippen LogP contribution < -0.4 is 16.0 Å². The Labute approximate surface area is 345 Å². The molecule has 4 aliphatic rings. The second-order valence-electron chi connectivity index (χ2n) is 14.8. The molecule has 4 aliphatic heterocycles. The monoisotopic (exact) mass is 893 g/mol. The van der Waals surface area contributed by atoms with Crippen LogP contribution in [0.1, 0.15) is 20.3 Å². The van der Waals surface area contributed by atoms with E-state index in [4.69, 9.17) is 33.2 Å². The van der Waals surface area contributed by atoms with Gasteiger partial charge in [-0.1, -0.05) is 0 Å². The van der Waals surface area contributed by atoms with E-state index in [2.05, 4.69) is 16.0 Å². The van der Waals surface area contributed by atoms with E-state index in [-0.39, 0.29) is 0 Å². The highest BCUT2D eigenvalue weighted by Gasteiger charge is 2.58. The first-order valence-corrected chi connectivity index (χ1v) is 18.9. The Kier molecular flexibility index (Phi) is 18.0. The molecule has 61 heavy (non-hydrogen) atoms. The van der Waals surface area contributed by atoms with Crippen LogP contribution in [0.15, 0.2) is 0 Å². The summed E-state index contributed by atoms with van der Waals surface area (Å²) in [5.41, 5.74) is 0. The van der Waals surface area contributed by atoms with Crippen LogP contribution in [0.2, 0.25) is 0 Å². The number of carbonyl (C=O) groups excluding carboxylic acids is 3. The highest BCUT2D eigenvalue weighted by atomic mass is 16.8. The van der Waals surface area contributed by atoms with Gasteiger partial charge < -0.3 is 121 Å². The average Bonchev–Trinajstić information content (AvgIpc) is 3.21. The minimum atomic E-state index is -2.99. The van der Waals surface area contributed by atoms with Crippen molar-refractivity contribution < 1.29 is 124 Å². The first-order chi connectivity index (χ1) is 28.6. The lowest BCUT2D eigenvalue weighted by atomic mass is 9.88. The highest BCUT2D eigenvalue weighted by Crippen LogP contribution is 2.36. The highest BCUT2D eigenvalue weighted by molar-refractivity contribution is 5.78. The molecule has 0 aliphatic carbocycles. The van der Waals surface area contributed by atoms with Crippen LogP contribution in [0.25, 0.3) is 0 Å². The Morgan fingerprint density at radius 2 is 1.25 bits per heavy atom. The molecule has 0 saturated carbocycles. The number of hydrogen-bond donors (Lipinski definition) is 17. The van der Waals surface area contributed by atoms with Gasteiger partial charge in [-0.2, -0.15) is 0 Å². The number of aliphatic carboxylic acids is 1. The number of nitrogens with one attached hydrogen (secondary N) is 3. The third kappa shape index (κ3) is 11.4. The molecule has 4 saturated heterocycles. The fourth-order valence-corrected chi connectivity index (χ4v) is 7.33. The Morgan fingerprint density at radius 3 is 1.80 bits per heavy atom. The van der Waals surface area contributed by atoms with Crippen molar-refractivity contribution in [1.29, 1.82) is 0 Å². The van der Waals surface area contributed by atoms with Gasteiger partial charge >= 0.3 is 5.97 Å². The maximum absolute atomic E-state index is 12.7. The van der Waals surface area contributed by atoms with Crippen molar-refractivity contribution >= 4 is 23.7 Å². The van der Waals surface area contributed by atoms with Gasteiger partial charge in [0.25, 0.3) is 5.79 Å². The summed E-state index contributed by atoms with van der Waals surface area (Å²) in [7, 11) is 0. The zero-order chi connectivity index (χ0) is 45.7. The van der Waals surface area contributed by atoms with E-state index in [1.165, 1.54) is 0 Å². The quantitative estimate of drug-likeness (QED) is 0.0644. The number of ether oxygens (including phenoxy) is 7. The van der Waals surface area contributed by atoms with E-state index >= 15 is 0 Å². The molecule has 0 radical (unpaired) electrons. The van der Waals surface area contributed by atoms with Gasteiger partial charge in [-0.25, -0.2) is 4.79 Å².